The number of amides is 1. The zero-order valence-corrected chi connectivity index (χ0v) is 20.5. The van der Waals surface area contributed by atoms with E-state index in [-0.39, 0.29) is 17.1 Å². The molecule has 1 aliphatic rings. The second-order valence-electron chi connectivity index (χ2n) is 9.96. The highest BCUT2D eigenvalue weighted by Gasteiger charge is 2.38. The van der Waals surface area contributed by atoms with E-state index in [9.17, 15) is 14.9 Å². The van der Waals surface area contributed by atoms with Crippen LogP contribution >= 0.6 is 11.6 Å². The molecule has 1 aromatic carbocycles. The summed E-state index contributed by atoms with van der Waals surface area (Å²) >= 11 is 6.14. The Balaban J connectivity index is 1.87. The maximum absolute atomic E-state index is 13.5. The van der Waals surface area contributed by atoms with E-state index in [1.807, 2.05) is 20.8 Å². The van der Waals surface area contributed by atoms with Crippen molar-refractivity contribution in [3.05, 3.63) is 33.8 Å². The van der Waals surface area contributed by atoms with Crippen LogP contribution < -0.4 is 16.4 Å². The van der Waals surface area contributed by atoms with E-state index < -0.39 is 17.3 Å². The Labute approximate surface area is 199 Å². The minimum Gasteiger partial charge on any atom is -0.408 e. The Morgan fingerprint density at radius 3 is 2.67 bits per heavy atom. The lowest BCUT2D eigenvalue weighted by Gasteiger charge is -2.39. The monoisotopic (exact) mass is 473 g/mol. The largest absolute Gasteiger partial charge is 0.441 e. The van der Waals surface area contributed by atoms with Crippen LogP contribution in [0.2, 0.25) is 5.02 Å². The van der Waals surface area contributed by atoms with E-state index in [2.05, 4.69) is 33.5 Å². The lowest BCUT2D eigenvalue weighted by molar-refractivity contribution is -0.124. The molecule has 0 bridgehead atoms. The van der Waals surface area contributed by atoms with Gasteiger partial charge < -0.3 is 20.0 Å². The second-order valence-corrected chi connectivity index (χ2v) is 10.4. The first-order valence-corrected chi connectivity index (χ1v) is 11.7. The number of fused-ring (bicyclic) bond motifs is 1. The summed E-state index contributed by atoms with van der Waals surface area (Å²) in [4.78, 5) is 31.8. The average Bonchev–Trinajstić information content (AvgIpc) is 2.74. The normalized spacial score (nSPS) is 17.3. The number of rotatable bonds is 7. The summed E-state index contributed by atoms with van der Waals surface area (Å²) in [6, 6.07) is 6.51. The van der Waals surface area contributed by atoms with Gasteiger partial charge in [-0.1, -0.05) is 39.3 Å². The SMILES string of the molecule is CCCN1CCC(C#N)(NC(=O)C(CC(C)(C)C)Nc2nc(=O)oc3ccc(Cl)cc23)CC1. The van der Waals surface area contributed by atoms with Gasteiger partial charge in [0.05, 0.1) is 11.5 Å². The fraction of sp³-hybridized carbons (Fsp3) is 0.583. The number of benzene rings is 1. The molecule has 1 saturated heterocycles. The van der Waals surface area contributed by atoms with Gasteiger partial charge in [-0.15, -0.1) is 0 Å². The van der Waals surface area contributed by atoms with E-state index in [0.717, 1.165) is 26.1 Å². The summed E-state index contributed by atoms with van der Waals surface area (Å²) in [7, 11) is 0. The minimum absolute atomic E-state index is 0.202. The highest BCUT2D eigenvalue weighted by Crippen LogP contribution is 2.28. The van der Waals surface area contributed by atoms with E-state index in [1.54, 1.807) is 18.2 Å². The van der Waals surface area contributed by atoms with Gasteiger partial charge in [0.2, 0.25) is 5.91 Å². The number of aromatic nitrogens is 1. The standard InChI is InChI=1S/C24H32ClN5O3/c1-5-10-30-11-8-24(15-26,9-12-30)29-21(31)18(14-23(2,3)4)27-20-17-13-16(25)6-7-19(17)33-22(32)28-20/h6-7,13,18H,5,8-12,14H2,1-4H3,(H,29,31)(H,27,28,32). The third-order valence-corrected chi connectivity index (χ3v) is 6.10. The minimum atomic E-state index is -0.909. The maximum atomic E-state index is 13.5. The third kappa shape index (κ3) is 6.46. The number of anilines is 1. The topological polar surface area (TPSA) is 111 Å². The summed E-state index contributed by atoms with van der Waals surface area (Å²) in [5.74, 6) is -0.823. The summed E-state index contributed by atoms with van der Waals surface area (Å²) in [5, 5.41) is 17.1. The Bertz CT molecular complexity index is 1090. The van der Waals surface area contributed by atoms with Crippen molar-refractivity contribution in [2.24, 2.45) is 5.41 Å². The molecule has 2 heterocycles. The number of nitrogens with one attached hydrogen (secondary N) is 2. The zero-order chi connectivity index (χ0) is 24.2. The smallest absolute Gasteiger partial charge is 0.408 e. The molecule has 9 heteroatoms. The van der Waals surface area contributed by atoms with E-state index >= 15 is 0 Å². The molecule has 0 spiro atoms. The fourth-order valence-electron chi connectivity index (χ4n) is 4.20. The quantitative estimate of drug-likeness (QED) is 0.626. The molecule has 0 radical (unpaired) electrons. The van der Waals surface area contributed by atoms with Crippen molar-refractivity contribution in [1.29, 1.82) is 5.26 Å². The van der Waals surface area contributed by atoms with Gasteiger partial charge in [0.15, 0.2) is 0 Å². The molecule has 2 aromatic rings. The van der Waals surface area contributed by atoms with Crippen molar-refractivity contribution in [2.75, 3.05) is 25.0 Å². The van der Waals surface area contributed by atoms with Gasteiger partial charge in [0, 0.05) is 18.1 Å². The average molecular weight is 474 g/mol. The van der Waals surface area contributed by atoms with Gasteiger partial charge in [-0.3, -0.25) is 4.79 Å². The molecule has 1 amide bonds. The molecule has 1 unspecified atom stereocenters. The molecule has 8 nitrogen and oxygen atoms in total. The number of carbonyl (C=O) groups is 1. The number of piperidine rings is 1. The highest BCUT2D eigenvalue weighted by atomic mass is 35.5. The number of likely N-dealkylation sites (tertiary alicyclic amines) is 1. The number of nitriles is 1. The van der Waals surface area contributed by atoms with Crippen LogP contribution in [0.5, 0.6) is 0 Å². The molecule has 0 aliphatic carbocycles. The molecular formula is C24H32ClN5O3. The zero-order valence-electron chi connectivity index (χ0n) is 19.7. The summed E-state index contributed by atoms with van der Waals surface area (Å²) in [6.45, 7) is 10.7. The van der Waals surface area contributed by atoms with Gasteiger partial charge >= 0.3 is 5.76 Å². The van der Waals surface area contributed by atoms with E-state index in [1.165, 1.54) is 0 Å². The van der Waals surface area contributed by atoms with Crippen molar-refractivity contribution < 1.29 is 9.21 Å². The van der Waals surface area contributed by atoms with Gasteiger partial charge in [0.25, 0.3) is 0 Å². The first kappa shape index (κ1) is 25.0. The number of carbonyl (C=O) groups excluding carboxylic acids is 1. The Morgan fingerprint density at radius 1 is 1.36 bits per heavy atom. The number of halogens is 1. The Hall–Kier alpha value is -2.63. The Kier molecular flexibility index (Phi) is 7.65. The third-order valence-electron chi connectivity index (χ3n) is 5.87. The molecule has 1 atom stereocenters. The lowest BCUT2D eigenvalue weighted by Crippen LogP contribution is -2.57. The van der Waals surface area contributed by atoms with Gasteiger partial charge in [-0.2, -0.15) is 10.2 Å². The van der Waals surface area contributed by atoms with Crippen LogP contribution in [0, 0.1) is 16.7 Å². The van der Waals surface area contributed by atoms with E-state index in [0.29, 0.717) is 35.3 Å². The molecule has 1 aromatic heterocycles. The molecule has 1 fully saturated rings. The highest BCUT2D eigenvalue weighted by molar-refractivity contribution is 6.31. The molecule has 3 rings (SSSR count). The van der Waals surface area contributed by atoms with Gasteiger partial charge in [0.1, 0.15) is 23.0 Å². The van der Waals surface area contributed by atoms with Crippen LogP contribution in [0.1, 0.15) is 53.4 Å². The van der Waals surface area contributed by atoms with Crippen molar-refractivity contribution in [2.45, 2.75) is 65.0 Å². The molecule has 2 N–H and O–H groups in total. The van der Waals surface area contributed by atoms with Crippen molar-refractivity contribution in [1.82, 2.24) is 15.2 Å². The molecule has 33 heavy (non-hydrogen) atoms. The number of hydrogen-bond acceptors (Lipinski definition) is 7. The molecule has 178 valence electrons. The lowest BCUT2D eigenvalue weighted by atomic mass is 9.85. The predicted molar refractivity (Wildman–Crippen MR) is 129 cm³/mol. The number of hydrogen-bond donors (Lipinski definition) is 2. The van der Waals surface area contributed by atoms with Crippen LogP contribution in [-0.2, 0) is 4.79 Å². The predicted octanol–water partition coefficient (Wildman–Crippen LogP) is 3.94. The fourth-order valence-corrected chi connectivity index (χ4v) is 4.38. The van der Waals surface area contributed by atoms with E-state index in [4.69, 9.17) is 16.0 Å². The first-order chi connectivity index (χ1) is 15.5. The van der Waals surface area contributed by atoms with Crippen LogP contribution in [0.25, 0.3) is 11.0 Å². The summed E-state index contributed by atoms with van der Waals surface area (Å²) in [6.07, 6.45) is 2.66. The molecule has 0 saturated carbocycles. The van der Waals surface area contributed by atoms with Crippen molar-refractivity contribution >= 4 is 34.3 Å². The van der Waals surface area contributed by atoms with Gasteiger partial charge in [-0.05, 0) is 55.8 Å². The van der Waals surface area contributed by atoms with Gasteiger partial charge in [-0.25, -0.2) is 4.79 Å². The van der Waals surface area contributed by atoms with Crippen LogP contribution in [-0.4, -0.2) is 47.0 Å². The number of nitrogens with zero attached hydrogens (tertiary/aromatic N) is 3. The second kappa shape index (κ2) is 10.1. The van der Waals surface area contributed by atoms with Crippen LogP contribution in [0.3, 0.4) is 0 Å². The molecule has 1 aliphatic heterocycles. The van der Waals surface area contributed by atoms with Crippen LogP contribution in [0.15, 0.2) is 27.4 Å². The molecular weight excluding hydrogens is 442 g/mol. The van der Waals surface area contributed by atoms with Crippen molar-refractivity contribution in [3.63, 3.8) is 0 Å². The maximum Gasteiger partial charge on any atom is 0.441 e. The Morgan fingerprint density at radius 2 is 2.06 bits per heavy atom. The first-order valence-electron chi connectivity index (χ1n) is 11.4. The summed E-state index contributed by atoms with van der Waals surface area (Å²) in [5.41, 5.74) is -0.784. The summed E-state index contributed by atoms with van der Waals surface area (Å²) < 4.78 is 5.17. The van der Waals surface area contributed by atoms with Crippen LogP contribution in [0.4, 0.5) is 5.82 Å². The van der Waals surface area contributed by atoms with Crippen molar-refractivity contribution in [3.8, 4) is 6.07 Å².